The van der Waals surface area contributed by atoms with Crippen molar-refractivity contribution in [2.75, 3.05) is 0 Å². The summed E-state index contributed by atoms with van der Waals surface area (Å²) < 4.78 is 0. The Bertz CT molecular complexity index is 402. The van der Waals surface area contributed by atoms with Crippen LogP contribution in [0.1, 0.15) is 43.0 Å². The molecule has 1 aliphatic carbocycles. The largest absolute Gasteiger partial charge is 0.351 e. The van der Waals surface area contributed by atoms with Crippen molar-refractivity contribution in [2.24, 2.45) is 11.7 Å². The fraction of sp³-hybridized carbons (Fsp3) is 0.643. The minimum absolute atomic E-state index is 0.0174. The van der Waals surface area contributed by atoms with E-state index in [0.717, 1.165) is 32.1 Å². The standard InChI is InChI=1S/C14H22N2OS/c1-2-10-7-8-18-13(10)9-16-14(17)11-5-3-4-6-12(11)15/h7-8,11-12H,2-6,9,15H2,1H3,(H,16,17). The van der Waals surface area contributed by atoms with Crippen LogP contribution >= 0.6 is 11.3 Å². The van der Waals surface area contributed by atoms with Crippen molar-refractivity contribution in [1.29, 1.82) is 0 Å². The van der Waals surface area contributed by atoms with Crippen LogP contribution in [0.25, 0.3) is 0 Å². The van der Waals surface area contributed by atoms with Gasteiger partial charge >= 0.3 is 0 Å². The van der Waals surface area contributed by atoms with Gasteiger partial charge in [0.15, 0.2) is 0 Å². The molecule has 4 heteroatoms. The van der Waals surface area contributed by atoms with E-state index >= 15 is 0 Å². The van der Waals surface area contributed by atoms with Crippen LogP contribution < -0.4 is 11.1 Å². The van der Waals surface area contributed by atoms with Crippen molar-refractivity contribution in [3.63, 3.8) is 0 Å². The van der Waals surface area contributed by atoms with Crippen LogP contribution in [-0.4, -0.2) is 11.9 Å². The molecule has 1 aromatic heterocycles. The second kappa shape index (κ2) is 6.34. The minimum atomic E-state index is 0.0174. The van der Waals surface area contributed by atoms with Crippen LogP contribution in [0.3, 0.4) is 0 Å². The van der Waals surface area contributed by atoms with Gasteiger partial charge < -0.3 is 11.1 Å². The lowest BCUT2D eigenvalue weighted by molar-refractivity contribution is -0.126. The van der Waals surface area contributed by atoms with Gasteiger partial charge in [0, 0.05) is 10.9 Å². The average molecular weight is 266 g/mol. The predicted molar refractivity (Wildman–Crippen MR) is 75.5 cm³/mol. The van der Waals surface area contributed by atoms with Crippen LogP contribution in [0.15, 0.2) is 11.4 Å². The number of nitrogens with two attached hydrogens (primary N) is 1. The van der Waals surface area contributed by atoms with E-state index in [9.17, 15) is 4.79 Å². The zero-order valence-corrected chi connectivity index (χ0v) is 11.8. The van der Waals surface area contributed by atoms with Crippen molar-refractivity contribution in [3.8, 4) is 0 Å². The van der Waals surface area contributed by atoms with Gasteiger partial charge in [0.2, 0.25) is 5.91 Å². The van der Waals surface area contributed by atoms with E-state index in [1.807, 2.05) is 0 Å². The first-order valence-corrected chi connectivity index (χ1v) is 7.69. The van der Waals surface area contributed by atoms with Crippen LogP contribution in [0.2, 0.25) is 0 Å². The molecule has 0 radical (unpaired) electrons. The Morgan fingerprint density at radius 3 is 3.00 bits per heavy atom. The smallest absolute Gasteiger partial charge is 0.224 e. The molecule has 1 heterocycles. The van der Waals surface area contributed by atoms with Crippen LogP contribution in [0, 0.1) is 5.92 Å². The molecule has 1 aliphatic rings. The number of hydrogen-bond acceptors (Lipinski definition) is 3. The van der Waals surface area contributed by atoms with Crippen molar-refractivity contribution in [2.45, 2.75) is 51.6 Å². The number of aryl methyl sites for hydroxylation is 1. The van der Waals surface area contributed by atoms with E-state index in [4.69, 9.17) is 5.73 Å². The molecule has 0 aliphatic heterocycles. The lowest BCUT2D eigenvalue weighted by Crippen LogP contribution is -2.43. The molecule has 0 saturated heterocycles. The van der Waals surface area contributed by atoms with Crippen LogP contribution in [0.5, 0.6) is 0 Å². The lowest BCUT2D eigenvalue weighted by atomic mass is 9.84. The summed E-state index contributed by atoms with van der Waals surface area (Å²) in [4.78, 5) is 13.4. The van der Waals surface area contributed by atoms with Gasteiger partial charge in [-0.05, 0) is 36.3 Å². The molecular weight excluding hydrogens is 244 g/mol. The van der Waals surface area contributed by atoms with Gasteiger partial charge in [-0.25, -0.2) is 0 Å². The third-order valence-corrected chi connectivity index (χ3v) is 4.76. The molecule has 1 saturated carbocycles. The number of hydrogen-bond donors (Lipinski definition) is 2. The molecule has 2 unspecified atom stereocenters. The molecule has 2 rings (SSSR count). The van der Waals surface area contributed by atoms with E-state index in [0.29, 0.717) is 6.54 Å². The molecule has 18 heavy (non-hydrogen) atoms. The average Bonchev–Trinajstić information content (AvgIpc) is 2.84. The molecule has 2 atom stereocenters. The van der Waals surface area contributed by atoms with E-state index in [1.54, 1.807) is 11.3 Å². The highest BCUT2D eigenvalue weighted by molar-refractivity contribution is 7.10. The molecule has 1 amide bonds. The fourth-order valence-electron chi connectivity index (χ4n) is 2.62. The SMILES string of the molecule is CCc1ccsc1CNC(=O)C1CCCCC1N. The molecule has 100 valence electrons. The van der Waals surface area contributed by atoms with Crippen molar-refractivity contribution < 1.29 is 4.79 Å². The van der Waals surface area contributed by atoms with E-state index in [-0.39, 0.29) is 17.9 Å². The van der Waals surface area contributed by atoms with Gasteiger partial charge in [-0.1, -0.05) is 19.8 Å². The van der Waals surface area contributed by atoms with Crippen LogP contribution in [-0.2, 0) is 17.8 Å². The highest BCUT2D eigenvalue weighted by Gasteiger charge is 2.27. The number of thiophene rings is 1. The van der Waals surface area contributed by atoms with Crippen molar-refractivity contribution in [3.05, 3.63) is 21.9 Å². The molecule has 3 nitrogen and oxygen atoms in total. The normalized spacial score (nSPS) is 23.9. The Morgan fingerprint density at radius 2 is 2.28 bits per heavy atom. The summed E-state index contributed by atoms with van der Waals surface area (Å²) in [5.41, 5.74) is 7.37. The second-order valence-corrected chi connectivity index (χ2v) is 6.00. The number of amides is 1. The predicted octanol–water partition coefficient (Wildman–Crippen LogP) is 2.44. The summed E-state index contributed by atoms with van der Waals surface area (Å²) in [5, 5.41) is 5.14. The molecule has 0 aromatic carbocycles. The van der Waals surface area contributed by atoms with E-state index in [1.165, 1.54) is 10.4 Å². The van der Waals surface area contributed by atoms with E-state index < -0.39 is 0 Å². The maximum atomic E-state index is 12.1. The van der Waals surface area contributed by atoms with E-state index in [2.05, 4.69) is 23.7 Å². The van der Waals surface area contributed by atoms with Gasteiger partial charge in [0.25, 0.3) is 0 Å². The highest BCUT2D eigenvalue weighted by Crippen LogP contribution is 2.23. The summed E-state index contributed by atoms with van der Waals surface area (Å²) in [6, 6.07) is 2.19. The second-order valence-electron chi connectivity index (χ2n) is 5.00. The Labute approximate surface area is 113 Å². The minimum Gasteiger partial charge on any atom is -0.351 e. The van der Waals surface area contributed by atoms with Crippen LogP contribution in [0.4, 0.5) is 0 Å². The first kappa shape index (κ1) is 13.6. The number of carbonyl (C=O) groups is 1. The molecule has 3 N–H and O–H groups in total. The first-order valence-electron chi connectivity index (χ1n) is 6.81. The fourth-order valence-corrected chi connectivity index (χ4v) is 3.54. The summed E-state index contributed by atoms with van der Waals surface area (Å²) in [5.74, 6) is 0.154. The first-order chi connectivity index (χ1) is 8.72. The quantitative estimate of drug-likeness (QED) is 0.879. The van der Waals surface area contributed by atoms with Gasteiger partial charge in [-0.2, -0.15) is 0 Å². The van der Waals surface area contributed by atoms with Crippen molar-refractivity contribution >= 4 is 17.2 Å². The zero-order valence-electron chi connectivity index (χ0n) is 10.9. The summed E-state index contributed by atoms with van der Waals surface area (Å²) in [7, 11) is 0. The number of nitrogens with one attached hydrogen (secondary N) is 1. The van der Waals surface area contributed by atoms with Crippen molar-refractivity contribution in [1.82, 2.24) is 5.32 Å². The molecule has 0 spiro atoms. The Balaban J connectivity index is 1.88. The lowest BCUT2D eigenvalue weighted by Gasteiger charge is -2.27. The Hall–Kier alpha value is -0.870. The Kier molecular flexibility index (Phi) is 4.78. The number of rotatable bonds is 4. The molecule has 1 fully saturated rings. The molecule has 0 bridgehead atoms. The zero-order chi connectivity index (χ0) is 13.0. The van der Waals surface area contributed by atoms with Gasteiger partial charge in [-0.15, -0.1) is 11.3 Å². The molecule has 1 aromatic rings. The summed E-state index contributed by atoms with van der Waals surface area (Å²) >= 11 is 1.72. The topological polar surface area (TPSA) is 55.1 Å². The van der Waals surface area contributed by atoms with Gasteiger partial charge in [0.1, 0.15) is 0 Å². The third kappa shape index (κ3) is 3.12. The highest BCUT2D eigenvalue weighted by atomic mass is 32.1. The molecular formula is C14H22N2OS. The summed E-state index contributed by atoms with van der Waals surface area (Å²) in [6.45, 7) is 2.80. The maximum Gasteiger partial charge on any atom is 0.224 e. The van der Waals surface area contributed by atoms with Gasteiger partial charge in [-0.3, -0.25) is 4.79 Å². The number of carbonyl (C=O) groups excluding carboxylic acids is 1. The maximum absolute atomic E-state index is 12.1. The summed E-state index contributed by atoms with van der Waals surface area (Å²) in [6.07, 6.45) is 5.24. The Morgan fingerprint density at radius 1 is 1.50 bits per heavy atom. The third-order valence-electron chi connectivity index (χ3n) is 3.80. The van der Waals surface area contributed by atoms with Gasteiger partial charge in [0.05, 0.1) is 12.5 Å². The monoisotopic (exact) mass is 266 g/mol.